The summed E-state index contributed by atoms with van der Waals surface area (Å²) in [4.78, 5) is 11.7. The maximum Gasteiger partial charge on any atom is 0.181 e. The maximum atomic E-state index is 11.7. The molecule has 1 saturated carbocycles. The molecule has 86 valence electrons. The molecule has 1 heteroatoms. The molecule has 0 bridgehead atoms. The first-order valence-corrected chi connectivity index (χ1v) is 6.02. The van der Waals surface area contributed by atoms with Gasteiger partial charge in [-0.05, 0) is 55.1 Å². The van der Waals surface area contributed by atoms with E-state index in [1.165, 1.54) is 12.0 Å². The standard InChI is InChI=1S/C15H20O/c1-10(2)12-5-7-15(4)8-6-14(16)11(3)13(15)9-12/h6,8,12-13H,1,3,5,7,9H2,2,4H3/t12-,13-,15-/m0/s1. The number of ketones is 1. The highest BCUT2D eigenvalue weighted by atomic mass is 16.1. The second-order valence-electron chi connectivity index (χ2n) is 5.60. The summed E-state index contributed by atoms with van der Waals surface area (Å²) in [6.07, 6.45) is 7.18. The van der Waals surface area contributed by atoms with Crippen LogP contribution in [0.25, 0.3) is 0 Å². The number of rotatable bonds is 1. The van der Waals surface area contributed by atoms with Crippen molar-refractivity contribution in [1.29, 1.82) is 0 Å². The van der Waals surface area contributed by atoms with E-state index in [1.807, 2.05) is 0 Å². The molecule has 2 aliphatic carbocycles. The van der Waals surface area contributed by atoms with Crippen LogP contribution in [0, 0.1) is 17.3 Å². The molecular formula is C15H20O. The Morgan fingerprint density at radius 1 is 1.56 bits per heavy atom. The van der Waals surface area contributed by atoms with Crippen molar-refractivity contribution in [2.24, 2.45) is 17.3 Å². The van der Waals surface area contributed by atoms with E-state index in [9.17, 15) is 4.79 Å². The van der Waals surface area contributed by atoms with Gasteiger partial charge in [-0.2, -0.15) is 0 Å². The smallest absolute Gasteiger partial charge is 0.181 e. The molecule has 1 fully saturated rings. The Hall–Kier alpha value is -1.11. The van der Waals surface area contributed by atoms with Gasteiger partial charge in [-0.1, -0.05) is 31.7 Å². The highest BCUT2D eigenvalue weighted by Crippen LogP contribution is 2.50. The number of hydrogen-bond donors (Lipinski definition) is 0. The molecule has 0 radical (unpaired) electrons. The van der Waals surface area contributed by atoms with Gasteiger partial charge < -0.3 is 0 Å². The molecule has 0 amide bonds. The summed E-state index contributed by atoms with van der Waals surface area (Å²) in [5.41, 5.74) is 2.20. The number of carbonyl (C=O) groups excluding carboxylic acids is 1. The summed E-state index contributed by atoms with van der Waals surface area (Å²) in [5, 5.41) is 0. The normalized spacial score (nSPS) is 38.4. The SMILES string of the molecule is C=C(C)[C@H]1CC[C@@]2(C)C=CC(=O)C(=C)[C@@H]2C1. The molecule has 16 heavy (non-hydrogen) atoms. The summed E-state index contributed by atoms with van der Waals surface area (Å²) in [7, 11) is 0. The fourth-order valence-corrected chi connectivity index (χ4v) is 3.06. The van der Waals surface area contributed by atoms with Crippen LogP contribution in [0.15, 0.2) is 36.5 Å². The van der Waals surface area contributed by atoms with Crippen LogP contribution >= 0.6 is 0 Å². The third kappa shape index (κ3) is 1.68. The second kappa shape index (κ2) is 3.73. The molecule has 0 aromatic rings. The average Bonchev–Trinajstić information content (AvgIpc) is 2.24. The van der Waals surface area contributed by atoms with Crippen molar-refractivity contribution in [2.45, 2.75) is 33.1 Å². The Morgan fingerprint density at radius 2 is 2.25 bits per heavy atom. The van der Waals surface area contributed by atoms with E-state index in [0.717, 1.165) is 18.4 Å². The highest BCUT2D eigenvalue weighted by Gasteiger charge is 2.43. The van der Waals surface area contributed by atoms with E-state index in [1.54, 1.807) is 6.08 Å². The third-order valence-corrected chi connectivity index (χ3v) is 4.40. The Balaban J connectivity index is 2.29. The van der Waals surface area contributed by atoms with Gasteiger partial charge in [-0.15, -0.1) is 0 Å². The van der Waals surface area contributed by atoms with Gasteiger partial charge in [0.1, 0.15) is 0 Å². The van der Waals surface area contributed by atoms with E-state index in [0.29, 0.717) is 11.8 Å². The molecule has 2 aliphatic rings. The topological polar surface area (TPSA) is 17.1 Å². The predicted octanol–water partition coefficient (Wildman–Crippen LogP) is 3.68. The molecule has 0 N–H and O–H groups in total. The van der Waals surface area contributed by atoms with Crippen molar-refractivity contribution in [1.82, 2.24) is 0 Å². The predicted molar refractivity (Wildman–Crippen MR) is 67.0 cm³/mol. The minimum Gasteiger partial charge on any atom is -0.290 e. The summed E-state index contributed by atoms with van der Waals surface area (Å²) < 4.78 is 0. The maximum absolute atomic E-state index is 11.7. The Labute approximate surface area is 97.9 Å². The van der Waals surface area contributed by atoms with Gasteiger partial charge in [0.25, 0.3) is 0 Å². The second-order valence-corrected chi connectivity index (χ2v) is 5.60. The molecular weight excluding hydrogens is 196 g/mol. The average molecular weight is 216 g/mol. The minimum absolute atomic E-state index is 0.116. The van der Waals surface area contributed by atoms with Crippen LogP contribution in [0.3, 0.4) is 0 Å². The van der Waals surface area contributed by atoms with Gasteiger partial charge in [0.2, 0.25) is 0 Å². The summed E-state index contributed by atoms with van der Waals surface area (Å²) in [6.45, 7) is 12.4. The molecule has 3 atom stereocenters. The Bertz CT molecular complexity index is 388. The molecule has 0 aliphatic heterocycles. The molecule has 0 saturated heterocycles. The fraction of sp³-hybridized carbons (Fsp3) is 0.533. The van der Waals surface area contributed by atoms with Gasteiger partial charge in [0.05, 0.1) is 0 Å². The van der Waals surface area contributed by atoms with E-state index in [-0.39, 0.29) is 11.2 Å². The molecule has 2 rings (SSSR count). The van der Waals surface area contributed by atoms with Crippen LogP contribution in [0.5, 0.6) is 0 Å². The van der Waals surface area contributed by atoms with Gasteiger partial charge in [0.15, 0.2) is 5.78 Å². The van der Waals surface area contributed by atoms with Crippen LogP contribution in [-0.2, 0) is 4.79 Å². The summed E-state index contributed by atoms with van der Waals surface area (Å²) in [6, 6.07) is 0. The lowest BCUT2D eigenvalue weighted by atomic mass is 9.58. The van der Waals surface area contributed by atoms with E-state index < -0.39 is 0 Å². The number of fused-ring (bicyclic) bond motifs is 1. The lowest BCUT2D eigenvalue weighted by Crippen LogP contribution is -2.38. The first-order valence-electron chi connectivity index (χ1n) is 6.02. The Morgan fingerprint density at radius 3 is 2.88 bits per heavy atom. The molecule has 0 aromatic heterocycles. The van der Waals surface area contributed by atoms with Gasteiger partial charge in [-0.3, -0.25) is 4.79 Å². The third-order valence-electron chi connectivity index (χ3n) is 4.40. The van der Waals surface area contributed by atoms with Crippen molar-refractivity contribution < 1.29 is 4.79 Å². The van der Waals surface area contributed by atoms with Crippen LogP contribution in [-0.4, -0.2) is 5.78 Å². The lowest BCUT2D eigenvalue weighted by Gasteiger charge is -2.45. The lowest BCUT2D eigenvalue weighted by molar-refractivity contribution is -0.113. The zero-order valence-corrected chi connectivity index (χ0v) is 10.3. The van der Waals surface area contributed by atoms with Crippen molar-refractivity contribution in [2.75, 3.05) is 0 Å². The molecule has 1 nitrogen and oxygen atoms in total. The van der Waals surface area contributed by atoms with Crippen molar-refractivity contribution in [3.8, 4) is 0 Å². The Kier molecular flexibility index (Phi) is 2.65. The zero-order chi connectivity index (χ0) is 11.9. The summed E-state index contributed by atoms with van der Waals surface area (Å²) in [5.74, 6) is 0.999. The monoisotopic (exact) mass is 216 g/mol. The van der Waals surface area contributed by atoms with Gasteiger partial charge in [0, 0.05) is 0 Å². The largest absolute Gasteiger partial charge is 0.290 e. The van der Waals surface area contributed by atoms with Gasteiger partial charge in [-0.25, -0.2) is 0 Å². The number of hydrogen-bond acceptors (Lipinski definition) is 1. The van der Waals surface area contributed by atoms with E-state index in [2.05, 4.69) is 33.1 Å². The van der Waals surface area contributed by atoms with Crippen molar-refractivity contribution in [3.05, 3.63) is 36.5 Å². The zero-order valence-electron chi connectivity index (χ0n) is 10.3. The van der Waals surface area contributed by atoms with Crippen molar-refractivity contribution in [3.63, 3.8) is 0 Å². The number of carbonyl (C=O) groups is 1. The van der Waals surface area contributed by atoms with Crippen LogP contribution in [0.1, 0.15) is 33.1 Å². The van der Waals surface area contributed by atoms with Crippen LogP contribution in [0.4, 0.5) is 0 Å². The summed E-state index contributed by atoms with van der Waals surface area (Å²) >= 11 is 0. The minimum atomic E-state index is 0.116. The first-order chi connectivity index (χ1) is 7.44. The van der Waals surface area contributed by atoms with Crippen LogP contribution in [0.2, 0.25) is 0 Å². The number of allylic oxidation sites excluding steroid dienone is 4. The molecule has 0 spiro atoms. The van der Waals surface area contributed by atoms with Crippen molar-refractivity contribution >= 4 is 5.78 Å². The van der Waals surface area contributed by atoms with E-state index >= 15 is 0 Å². The first kappa shape index (κ1) is 11.4. The quantitative estimate of drug-likeness (QED) is 0.482. The molecule has 0 heterocycles. The van der Waals surface area contributed by atoms with Crippen LogP contribution < -0.4 is 0 Å². The highest BCUT2D eigenvalue weighted by molar-refractivity contribution is 6.05. The molecule has 0 unspecified atom stereocenters. The van der Waals surface area contributed by atoms with Gasteiger partial charge >= 0.3 is 0 Å². The fourth-order valence-electron chi connectivity index (χ4n) is 3.06. The molecule has 0 aromatic carbocycles. The van der Waals surface area contributed by atoms with E-state index in [4.69, 9.17) is 0 Å².